The zero-order valence-electron chi connectivity index (χ0n) is 30.6. The number of carbonyl (C=O) groups is 2. The molecule has 0 unspecified atom stereocenters. The first-order valence-corrected chi connectivity index (χ1v) is 35.6. The lowest BCUT2D eigenvalue weighted by atomic mass is 10.4. The maximum atomic E-state index is 11.2. The second-order valence-electron chi connectivity index (χ2n) is 14.6. The minimum atomic E-state index is -1.49. The van der Waals surface area contributed by atoms with Crippen molar-refractivity contribution >= 4 is 84.3 Å². The summed E-state index contributed by atoms with van der Waals surface area (Å²) in [5, 5.41) is 0. The van der Waals surface area contributed by atoms with Gasteiger partial charge in [-0.15, -0.1) is 0 Å². The van der Waals surface area contributed by atoms with Crippen molar-refractivity contribution in [2.75, 3.05) is 13.2 Å². The van der Waals surface area contributed by atoms with Gasteiger partial charge in [-0.05, 0) is 128 Å². The highest BCUT2D eigenvalue weighted by atomic mass is 28.4. The highest BCUT2D eigenvalue weighted by molar-refractivity contribution is 6.77. The van der Waals surface area contributed by atoms with Crippen LogP contribution in [0.15, 0.2) is 24.3 Å². The molecule has 0 aliphatic rings. The molecule has 0 heterocycles. The van der Waals surface area contributed by atoms with Crippen LogP contribution in [0.5, 0.6) is 0 Å². The minimum absolute atomic E-state index is 0.287. The van der Waals surface area contributed by atoms with Gasteiger partial charge >= 0.3 is 11.9 Å². The quantitative estimate of drug-likeness (QED) is 0.0579. The van der Waals surface area contributed by atoms with Crippen LogP contribution in [0.4, 0.5) is 0 Å². The predicted octanol–water partition coefficient (Wildman–Crippen LogP) is 5.15. The normalized spacial score (nSPS) is 13.4. The van der Waals surface area contributed by atoms with Gasteiger partial charge in [-0.1, -0.05) is 13.2 Å². The molecule has 0 radical (unpaired) electrons. The summed E-state index contributed by atoms with van der Waals surface area (Å²) in [5.74, 6) is -0.575. The molecule has 260 valence electrons. The predicted molar refractivity (Wildman–Crippen MR) is 210 cm³/mol. The fourth-order valence-corrected chi connectivity index (χ4v) is 25.1. The first-order valence-electron chi connectivity index (χ1n) is 16.3. The Bertz CT molecular complexity index is 774. The maximum Gasteiger partial charge on any atom is 0.333 e. The Morgan fingerprint density at radius 3 is 1.09 bits per heavy atom. The van der Waals surface area contributed by atoms with E-state index >= 15 is 0 Å². The van der Waals surface area contributed by atoms with Crippen molar-refractivity contribution in [3.05, 3.63) is 24.3 Å². The van der Waals surface area contributed by atoms with Crippen molar-refractivity contribution in [2.24, 2.45) is 0 Å². The summed E-state index contributed by atoms with van der Waals surface area (Å²) < 4.78 is 34.6. The van der Waals surface area contributed by atoms with E-state index in [0.29, 0.717) is 24.4 Å². The number of rotatable bonds is 24. The third-order valence-corrected chi connectivity index (χ3v) is 30.0. The average molecular weight is 758 g/mol. The Hall–Kier alpha value is -0.00494. The lowest BCUT2D eigenvalue weighted by molar-refractivity contribution is -0.139. The summed E-state index contributed by atoms with van der Waals surface area (Å²) in [6, 6.07) is 7.08. The Morgan fingerprint density at radius 2 is 0.818 bits per heavy atom. The molecule has 0 saturated carbocycles. The van der Waals surface area contributed by atoms with Crippen LogP contribution in [0.3, 0.4) is 0 Å². The lowest BCUT2D eigenvalue weighted by Crippen LogP contribution is -2.33. The smallest absolute Gasteiger partial charge is 0.333 e. The lowest BCUT2D eigenvalue weighted by Gasteiger charge is -2.24. The van der Waals surface area contributed by atoms with Crippen molar-refractivity contribution in [3.63, 3.8) is 0 Å². The summed E-state index contributed by atoms with van der Waals surface area (Å²) in [7, 11) is -7.30. The van der Waals surface area contributed by atoms with E-state index in [9.17, 15) is 9.59 Å². The van der Waals surface area contributed by atoms with Crippen LogP contribution in [-0.2, 0) is 35.5 Å². The molecule has 16 heteroatoms. The van der Waals surface area contributed by atoms with Crippen molar-refractivity contribution in [3.8, 4) is 0 Å². The molecule has 8 nitrogen and oxygen atoms in total. The van der Waals surface area contributed by atoms with Gasteiger partial charge in [0.1, 0.15) is 39.1 Å². The molecule has 0 amide bonds. The largest absolute Gasteiger partial charge is 0.462 e. The molecular weight excluding hydrogens is 689 g/mol. The van der Waals surface area contributed by atoms with E-state index in [-0.39, 0.29) is 31.5 Å². The second-order valence-corrected chi connectivity index (χ2v) is 40.2. The van der Waals surface area contributed by atoms with Gasteiger partial charge in [0.25, 0.3) is 0 Å². The molecule has 44 heavy (non-hydrogen) atoms. The molecule has 0 saturated heterocycles. The van der Waals surface area contributed by atoms with Gasteiger partial charge in [-0.3, -0.25) is 0 Å². The molecule has 0 aromatic carbocycles. The Kier molecular flexibility index (Phi) is 25.3. The first kappa shape index (κ1) is 46.1. The van der Waals surface area contributed by atoms with E-state index < -0.39 is 52.8 Å². The fraction of sp³-hybridized carbons (Fsp3) is 0.786. The van der Waals surface area contributed by atoms with Gasteiger partial charge < -0.3 is 25.9 Å². The summed E-state index contributed by atoms with van der Waals surface area (Å²) in [5.41, 5.74) is 0.929. The van der Waals surface area contributed by atoms with Crippen molar-refractivity contribution in [1.82, 2.24) is 0 Å². The van der Waals surface area contributed by atoms with E-state index in [1.54, 1.807) is 13.8 Å². The number of esters is 2. The molecule has 0 aliphatic heterocycles. The molecule has 0 bridgehead atoms. The van der Waals surface area contributed by atoms with Gasteiger partial charge in [0.2, 0.25) is 0 Å². The summed E-state index contributed by atoms with van der Waals surface area (Å²) >= 11 is 0. The van der Waals surface area contributed by atoms with Crippen molar-refractivity contribution in [1.29, 1.82) is 0 Å². The summed E-state index contributed by atoms with van der Waals surface area (Å²) in [4.78, 5) is 22.4. The highest BCUT2D eigenvalue weighted by Crippen LogP contribution is 2.16. The third-order valence-electron chi connectivity index (χ3n) is 6.14. The molecular formula is C28H68O8Si8. The Balaban J connectivity index is 0. The molecule has 0 N–H and O–H groups in total. The standard InChI is InChI=1S/2C14H34O4Si4/c2*1-13(2)14(15)16-9-8-10-19-18-22(6,7)12-11-20-17-21(3,4)5/h2*1,8-12,19-20H2,2-7H3. The zero-order chi connectivity index (χ0) is 34.5. The number of hydrogen-bond acceptors (Lipinski definition) is 8. The van der Waals surface area contributed by atoms with E-state index in [2.05, 4.69) is 78.6 Å². The molecule has 0 atom stereocenters. The van der Waals surface area contributed by atoms with Crippen molar-refractivity contribution < 1.29 is 35.5 Å². The second kappa shape index (κ2) is 24.2. The molecule has 0 spiro atoms. The van der Waals surface area contributed by atoms with Gasteiger partial charge in [0, 0.05) is 11.1 Å². The summed E-state index contributed by atoms with van der Waals surface area (Å²) in [6.07, 6.45) is 1.81. The van der Waals surface area contributed by atoms with Crippen LogP contribution in [0.2, 0.25) is 102 Å². The third kappa shape index (κ3) is 33.4. The van der Waals surface area contributed by atoms with Crippen LogP contribution >= 0.6 is 0 Å². The molecule has 0 aliphatic carbocycles. The molecule has 0 rings (SSSR count). The van der Waals surface area contributed by atoms with Crippen LogP contribution in [0.1, 0.15) is 26.7 Å². The van der Waals surface area contributed by atoms with Crippen LogP contribution < -0.4 is 0 Å². The van der Waals surface area contributed by atoms with Crippen molar-refractivity contribution in [2.45, 2.75) is 128 Å². The average Bonchev–Trinajstić information content (AvgIpc) is 2.87. The zero-order valence-corrected chi connectivity index (χ0v) is 40.2. The van der Waals surface area contributed by atoms with Crippen LogP contribution in [0, 0.1) is 0 Å². The Morgan fingerprint density at radius 1 is 0.523 bits per heavy atom. The summed E-state index contributed by atoms with van der Waals surface area (Å²) in [6.45, 7) is 34.2. The van der Waals surface area contributed by atoms with E-state index in [0.717, 1.165) is 24.9 Å². The topological polar surface area (TPSA) is 89.5 Å². The number of ether oxygens (including phenoxy) is 2. The number of hydrogen-bond donors (Lipinski definition) is 0. The van der Waals surface area contributed by atoms with E-state index in [1.165, 1.54) is 24.2 Å². The number of carbonyl (C=O) groups excluding carboxylic acids is 2. The fourth-order valence-electron chi connectivity index (χ4n) is 3.58. The van der Waals surface area contributed by atoms with Crippen LogP contribution in [-0.4, -0.2) is 97.5 Å². The molecule has 0 aromatic heterocycles. The van der Waals surface area contributed by atoms with E-state index in [1.807, 2.05) is 0 Å². The minimum Gasteiger partial charge on any atom is -0.462 e. The SMILES string of the molecule is C=C(C)C(=O)OCCC[SiH2]O[Si](C)(C)CC[SiH2]O[Si](C)(C)C.C=C(C)C(=O)OCCC[SiH2]O[Si](C)(C)CC[SiH2]O[Si](C)(C)C. The van der Waals surface area contributed by atoms with Gasteiger partial charge in [0.15, 0.2) is 33.3 Å². The van der Waals surface area contributed by atoms with Gasteiger partial charge in [0.05, 0.1) is 13.2 Å². The van der Waals surface area contributed by atoms with Crippen LogP contribution in [0.25, 0.3) is 0 Å². The highest BCUT2D eigenvalue weighted by Gasteiger charge is 2.23. The van der Waals surface area contributed by atoms with E-state index in [4.69, 9.17) is 25.9 Å². The Labute approximate surface area is 284 Å². The molecule has 0 fully saturated rings. The monoisotopic (exact) mass is 756 g/mol. The molecule has 0 aromatic rings. The van der Waals surface area contributed by atoms with Gasteiger partial charge in [-0.25, -0.2) is 9.59 Å². The maximum absolute atomic E-state index is 11.2. The first-order chi connectivity index (χ1) is 20.1. The van der Waals surface area contributed by atoms with Gasteiger partial charge in [-0.2, -0.15) is 0 Å².